The highest BCUT2D eigenvalue weighted by molar-refractivity contribution is 7.99. The van der Waals surface area contributed by atoms with E-state index >= 15 is 0 Å². The van der Waals surface area contributed by atoms with Crippen molar-refractivity contribution in [3.05, 3.63) is 57.3 Å². The maximum absolute atomic E-state index is 12.4. The molecule has 0 N–H and O–H groups in total. The van der Waals surface area contributed by atoms with Crippen molar-refractivity contribution in [2.75, 3.05) is 17.8 Å². The first kappa shape index (κ1) is 21.8. The second-order valence-corrected chi connectivity index (χ2v) is 10.1. The zero-order chi connectivity index (χ0) is 19.9. The number of amides is 1. The van der Waals surface area contributed by atoms with E-state index in [0.29, 0.717) is 11.4 Å². The van der Waals surface area contributed by atoms with Gasteiger partial charge in [-0.15, -0.1) is 11.8 Å². The molecule has 1 aromatic heterocycles. The summed E-state index contributed by atoms with van der Waals surface area (Å²) in [6, 6.07) is 13.6. The van der Waals surface area contributed by atoms with Crippen LogP contribution in [0.2, 0.25) is 10.0 Å². The van der Waals surface area contributed by atoms with Crippen molar-refractivity contribution in [3.63, 3.8) is 0 Å². The van der Waals surface area contributed by atoms with Gasteiger partial charge in [-0.2, -0.15) is 16.8 Å². The summed E-state index contributed by atoms with van der Waals surface area (Å²) in [5, 5.41) is 1.43. The lowest BCUT2D eigenvalue weighted by atomic mass is 10.3. The molecule has 1 amide bonds. The minimum absolute atomic E-state index is 0.0766. The molecule has 0 radical (unpaired) electrons. The van der Waals surface area contributed by atoms with E-state index in [2.05, 4.69) is 15.8 Å². The van der Waals surface area contributed by atoms with Crippen molar-refractivity contribution in [3.8, 4) is 0 Å². The minimum atomic E-state index is -0.0766. The predicted molar refractivity (Wildman–Crippen MR) is 125 cm³/mol. The Bertz CT molecular complexity index is 1010. The van der Waals surface area contributed by atoms with Crippen molar-refractivity contribution in [1.29, 1.82) is 0 Å². The van der Waals surface area contributed by atoms with E-state index in [-0.39, 0.29) is 5.91 Å². The smallest absolute Gasteiger partial charge is 0.248 e. The molecule has 0 aliphatic heterocycles. The molecule has 28 heavy (non-hydrogen) atoms. The Morgan fingerprint density at radius 2 is 1.86 bits per heavy atom. The second kappa shape index (κ2) is 10.7. The van der Waals surface area contributed by atoms with Crippen molar-refractivity contribution in [2.24, 2.45) is 4.99 Å². The molecule has 0 unspecified atom stereocenters. The standard InChI is InChI=1S/C20H20Cl2N2OS3/c1-26-12-10-24-17-9-6-15(22)13-18(17)28-20(24)23-19(25)3-2-11-27-16-7-4-14(21)5-8-16/h4-9,13H,2-3,10-12H2,1H3. The Labute approximate surface area is 187 Å². The number of thioether (sulfide) groups is 2. The molecule has 0 bridgehead atoms. The van der Waals surface area contributed by atoms with Gasteiger partial charge in [-0.05, 0) is 60.9 Å². The fourth-order valence-corrected chi connectivity index (χ4v) is 5.33. The summed E-state index contributed by atoms with van der Waals surface area (Å²) in [6.07, 6.45) is 3.31. The maximum Gasteiger partial charge on any atom is 0.248 e. The number of nitrogens with zero attached hydrogens (tertiary/aromatic N) is 2. The van der Waals surface area contributed by atoms with Gasteiger partial charge in [-0.25, -0.2) is 0 Å². The summed E-state index contributed by atoms with van der Waals surface area (Å²) >= 11 is 17.0. The summed E-state index contributed by atoms with van der Waals surface area (Å²) in [4.78, 5) is 18.7. The van der Waals surface area contributed by atoms with Gasteiger partial charge in [0.05, 0.1) is 10.2 Å². The predicted octanol–water partition coefficient (Wildman–Crippen LogP) is 6.37. The van der Waals surface area contributed by atoms with E-state index < -0.39 is 0 Å². The Balaban J connectivity index is 1.66. The average Bonchev–Trinajstić information content (AvgIpc) is 3.00. The third kappa shape index (κ3) is 6.04. The summed E-state index contributed by atoms with van der Waals surface area (Å²) in [6.45, 7) is 0.821. The van der Waals surface area contributed by atoms with Gasteiger partial charge in [0.2, 0.25) is 5.91 Å². The van der Waals surface area contributed by atoms with Crippen molar-refractivity contribution in [2.45, 2.75) is 24.3 Å². The lowest BCUT2D eigenvalue weighted by molar-refractivity contribution is -0.118. The minimum Gasteiger partial charge on any atom is -0.316 e. The number of aryl methyl sites for hydroxylation is 1. The van der Waals surface area contributed by atoms with Gasteiger partial charge in [-0.1, -0.05) is 34.5 Å². The molecule has 0 aliphatic rings. The van der Waals surface area contributed by atoms with Gasteiger partial charge < -0.3 is 4.57 Å². The molecule has 0 saturated carbocycles. The molecule has 3 nitrogen and oxygen atoms in total. The highest BCUT2D eigenvalue weighted by Gasteiger charge is 2.08. The molecule has 8 heteroatoms. The van der Waals surface area contributed by atoms with Crippen LogP contribution in [0.1, 0.15) is 12.8 Å². The first-order valence-corrected chi connectivity index (χ1v) is 12.8. The van der Waals surface area contributed by atoms with Crippen LogP contribution < -0.4 is 4.80 Å². The number of hydrogen-bond donors (Lipinski definition) is 0. The normalized spacial score (nSPS) is 12.0. The number of aromatic nitrogens is 1. The fraction of sp³-hybridized carbons (Fsp3) is 0.300. The Hall–Kier alpha value is -0.920. The van der Waals surface area contributed by atoms with Gasteiger partial charge in [0.15, 0.2) is 4.80 Å². The van der Waals surface area contributed by atoms with E-state index in [1.165, 1.54) is 11.3 Å². The molecule has 0 spiro atoms. The van der Waals surface area contributed by atoms with Crippen LogP contribution >= 0.6 is 58.1 Å². The van der Waals surface area contributed by atoms with Crippen LogP contribution in [0.3, 0.4) is 0 Å². The largest absolute Gasteiger partial charge is 0.316 e. The van der Waals surface area contributed by atoms with Crippen LogP contribution in [0, 0.1) is 0 Å². The first-order valence-electron chi connectivity index (χ1n) is 8.80. The van der Waals surface area contributed by atoms with Gasteiger partial charge >= 0.3 is 0 Å². The lowest BCUT2D eigenvalue weighted by Gasteiger charge is -2.04. The molecule has 3 aromatic rings. The number of thiazole rings is 1. The quantitative estimate of drug-likeness (QED) is 0.283. The maximum atomic E-state index is 12.4. The zero-order valence-electron chi connectivity index (χ0n) is 15.4. The van der Waals surface area contributed by atoms with E-state index in [1.54, 1.807) is 23.5 Å². The molecule has 0 aliphatic carbocycles. The number of fused-ring (bicyclic) bond motifs is 1. The molecule has 3 rings (SSSR count). The molecule has 0 fully saturated rings. The van der Waals surface area contributed by atoms with Crippen molar-refractivity contribution in [1.82, 2.24) is 4.57 Å². The number of carbonyl (C=O) groups is 1. The molecular formula is C20H20Cl2N2OS3. The van der Waals surface area contributed by atoms with Crippen molar-refractivity contribution >= 4 is 74.2 Å². The van der Waals surface area contributed by atoms with Crippen LogP contribution in [0.4, 0.5) is 0 Å². The lowest BCUT2D eigenvalue weighted by Crippen LogP contribution is -2.18. The van der Waals surface area contributed by atoms with Crippen LogP contribution in [0.5, 0.6) is 0 Å². The van der Waals surface area contributed by atoms with E-state index in [0.717, 1.165) is 49.4 Å². The van der Waals surface area contributed by atoms with Crippen molar-refractivity contribution < 1.29 is 4.79 Å². The van der Waals surface area contributed by atoms with Gasteiger partial charge in [0.25, 0.3) is 0 Å². The summed E-state index contributed by atoms with van der Waals surface area (Å²) < 4.78 is 3.17. The summed E-state index contributed by atoms with van der Waals surface area (Å²) in [5.74, 6) is 1.76. The second-order valence-electron chi connectivity index (χ2n) is 6.05. The van der Waals surface area contributed by atoms with E-state index in [4.69, 9.17) is 23.2 Å². The summed E-state index contributed by atoms with van der Waals surface area (Å²) in [7, 11) is 0. The number of rotatable bonds is 8. The number of hydrogen-bond acceptors (Lipinski definition) is 4. The molecule has 2 aromatic carbocycles. The first-order chi connectivity index (χ1) is 13.6. The summed E-state index contributed by atoms with van der Waals surface area (Å²) in [5.41, 5.74) is 1.08. The van der Waals surface area contributed by atoms with Gasteiger partial charge in [-0.3, -0.25) is 4.79 Å². The number of benzene rings is 2. The third-order valence-electron chi connectivity index (χ3n) is 4.00. The van der Waals surface area contributed by atoms with Crippen LogP contribution in [0.25, 0.3) is 10.2 Å². The highest BCUT2D eigenvalue weighted by Crippen LogP contribution is 2.23. The molecule has 0 atom stereocenters. The number of halogens is 2. The average molecular weight is 472 g/mol. The number of carbonyl (C=O) groups excluding carboxylic acids is 1. The topological polar surface area (TPSA) is 34.4 Å². The van der Waals surface area contributed by atoms with E-state index in [1.807, 2.05) is 42.5 Å². The highest BCUT2D eigenvalue weighted by atomic mass is 35.5. The molecule has 0 saturated heterocycles. The third-order valence-corrected chi connectivity index (χ3v) is 7.22. The fourth-order valence-electron chi connectivity index (χ4n) is 2.64. The van der Waals surface area contributed by atoms with Crippen LogP contribution in [-0.2, 0) is 11.3 Å². The van der Waals surface area contributed by atoms with E-state index in [9.17, 15) is 4.79 Å². The zero-order valence-corrected chi connectivity index (χ0v) is 19.3. The molecule has 148 valence electrons. The monoisotopic (exact) mass is 470 g/mol. The Morgan fingerprint density at radius 1 is 1.11 bits per heavy atom. The van der Waals surface area contributed by atoms with Gasteiger partial charge in [0.1, 0.15) is 0 Å². The molecular weight excluding hydrogens is 451 g/mol. The van der Waals surface area contributed by atoms with Crippen LogP contribution in [-0.4, -0.2) is 28.2 Å². The Kier molecular flexibility index (Phi) is 8.36. The Morgan fingerprint density at radius 3 is 2.61 bits per heavy atom. The molecule has 1 heterocycles. The van der Waals surface area contributed by atoms with Crippen LogP contribution in [0.15, 0.2) is 52.4 Å². The SMILES string of the molecule is CSCCn1c(=NC(=O)CCCSc2ccc(Cl)cc2)sc2cc(Cl)ccc21. The van der Waals surface area contributed by atoms with Gasteiger partial charge in [0, 0.05) is 33.7 Å².